The van der Waals surface area contributed by atoms with Gasteiger partial charge in [0.25, 0.3) is 0 Å². The normalized spacial score (nSPS) is 11.6. The zero-order valence-electron chi connectivity index (χ0n) is 9.00. The average molecular weight is 273 g/mol. The number of aromatic hydroxyl groups is 1. The fraction of sp³-hybridized carbons (Fsp3) is 0.0769. The van der Waals surface area contributed by atoms with E-state index in [0.29, 0.717) is 22.2 Å². The molecule has 0 heterocycles. The molecule has 0 fully saturated rings. The zero-order chi connectivity index (χ0) is 13.3. The van der Waals surface area contributed by atoms with E-state index in [-0.39, 0.29) is 0 Å². The van der Waals surface area contributed by atoms with E-state index >= 15 is 0 Å². The summed E-state index contributed by atoms with van der Waals surface area (Å²) in [6, 6.07) is 9.35. The third kappa shape index (κ3) is 2.59. The summed E-state index contributed by atoms with van der Waals surface area (Å²) >= 11 is 5.71. The summed E-state index contributed by atoms with van der Waals surface area (Å²) in [7, 11) is 0. The van der Waals surface area contributed by atoms with Crippen LogP contribution in [0.1, 0.15) is 5.56 Å². The van der Waals surface area contributed by atoms with Crippen LogP contribution in [-0.2, 0) is 6.18 Å². The van der Waals surface area contributed by atoms with Crippen LogP contribution in [0, 0.1) is 0 Å². The molecule has 0 atom stereocenters. The Labute approximate surface area is 106 Å². The second-order valence-electron chi connectivity index (χ2n) is 3.74. The van der Waals surface area contributed by atoms with Crippen molar-refractivity contribution in [1.29, 1.82) is 0 Å². The molecule has 0 amide bonds. The predicted octanol–water partition coefficient (Wildman–Crippen LogP) is 4.73. The van der Waals surface area contributed by atoms with Gasteiger partial charge in [0, 0.05) is 10.6 Å². The van der Waals surface area contributed by atoms with Gasteiger partial charge in [0.05, 0.1) is 5.56 Å². The van der Waals surface area contributed by atoms with Gasteiger partial charge in [-0.15, -0.1) is 0 Å². The summed E-state index contributed by atoms with van der Waals surface area (Å²) in [6.45, 7) is 0. The van der Waals surface area contributed by atoms with Gasteiger partial charge in [0.1, 0.15) is 5.75 Å². The Hall–Kier alpha value is -1.68. The Bertz CT molecular complexity index is 561. The lowest BCUT2D eigenvalue weighted by molar-refractivity contribution is -0.137. The molecule has 0 radical (unpaired) electrons. The highest BCUT2D eigenvalue weighted by molar-refractivity contribution is 6.30. The number of hydrogen-bond acceptors (Lipinski definition) is 1. The molecular weight excluding hydrogens is 265 g/mol. The average Bonchev–Trinajstić information content (AvgIpc) is 2.29. The van der Waals surface area contributed by atoms with Crippen LogP contribution >= 0.6 is 11.6 Å². The number of halogens is 4. The Morgan fingerprint density at radius 3 is 2.06 bits per heavy atom. The second-order valence-corrected chi connectivity index (χ2v) is 4.17. The van der Waals surface area contributed by atoms with Crippen molar-refractivity contribution in [3.05, 3.63) is 53.1 Å². The van der Waals surface area contributed by atoms with Crippen LogP contribution in [0.15, 0.2) is 42.5 Å². The molecule has 0 unspecified atom stereocenters. The molecule has 1 N–H and O–H groups in total. The van der Waals surface area contributed by atoms with Crippen molar-refractivity contribution in [2.75, 3.05) is 0 Å². The van der Waals surface area contributed by atoms with Gasteiger partial charge in [0.2, 0.25) is 0 Å². The lowest BCUT2D eigenvalue weighted by Gasteiger charge is -2.10. The standard InChI is InChI=1S/C13H8ClF3O/c14-10-4-1-8(2-5-10)11-6-3-9(7-12(11)18)13(15,16)17/h1-7,18H. The second kappa shape index (κ2) is 4.53. The highest BCUT2D eigenvalue weighted by Crippen LogP contribution is 2.36. The molecule has 5 heteroatoms. The molecule has 94 valence electrons. The maximum absolute atomic E-state index is 12.4. The van der Waals surface area contributed by atoms with E-state index in [0.717, 1.165) is 6.07 Å². The summed E-state index contributed by atoms with van der Waals surface area (Å²) in [5, 5.41) is 10.2. The van der Waals surface area contributed by atoms with E-state index < -0.39 is 17.5 Å². The number of phenolic OH excluding ortho intramolecular Hbond substituents is 1. The minimum absolute atomic E-state index is 0.333. The molecule has 18 heavy (non-hydrogen) atoms. The molecule has 0 aliphatic carbocycles. The van der Waals surface area contributed by atoms with Gasteiger partial charge in [-0.2, -0.15) is 13.2 Å². The summed E-state index contributed by atoms with van der Waals surface area (Å²) in [5.41, 5.74) is 0.0583. The molecular formula is C13H8ClF3O. The molecule has 0 aliphatic rings. The van der Waals surface area contributed by atoms with Crippen LogP contribution in [0.2, 0.25) is 5.02 Å². The molecule has 1 nitrogen and oxygen atoms in total. The summed E-state index contributed by atoms with van der Waals surface area (Å²) < 4.78 is 37.3. The van der Waals surface area contributed by atoms with Crippen LogP contribution in [-0.4, -0.2) is 5.11 Å². The number of hydrogen-bond donors (Lipinski definition) is 1. The molecule has 0 aromatic heterocycles. The first-order chi connectivity index (χ1) is 8.38. The van der Waals surface area contributed by atoms with Crippen LogP contribution in [0.5, 0.6) is 5.75 Å². The highest BCUT2D eigenvalue weighted by atomic mass is 35.5. The maximum Gasteiger partial charge on any atom is 0.416 e. The van der Waals surface area contributed by atoms with Gasteiger partial charge in [0.15, 0.2) is 0 Å². The number of rotatable bonds is 1. The molecule has 2 rings (SSSR count). The lowest BCUT2D eigenvalue weighted by atomic mass is 10.0. The van der Waals surface area contributed by atoms with E-state index in [1.54, 1.807) is 24.3 Å². The zero-order valence-corrected chi connectivity index (χ0v) is 9.76. The van der Waals surface area contributed by atoms with E-state index in [2.05, 4.69) is 0 Å². The quantitative estimate of drug-likeness (QED) is 0.795. The third-order valence-corrected chi connectivity index (χ3v) is 2.73. The first kappa shape index (κ1) is 12.8. The van der Waals surface area contributed by atoms with Gasteiger partial charge >= 0.3 is 6.18 Å². The smallest absolute Gasteiger partial charge is 0.416 e. The fourth-order valence-corrected chi connectivity index (χ4v) is 1.71. The number of alkyl halides is 3. The van der Waals surface area contributed by atoms with Gasteiger partial charge < -0.3 is 5.11 Å². The van der Waals surface area contributed by atoms with E-state index in [1.165, 1.54) is 6.07 Å². The minimum atomic E-state index is -4.46. The Morgan fingerprint density at radius 2 is 1.56 bits per heavy atom. The predicted molar refractivity (Wildman–Crippen MR) is 63.6 cm³/mol. The molecule has 0 saturated carbocycles. The van der Waals surface area contributed by atoms with E-state index in [1.807, 2.05) is 0 Å². The molecule has 0 spiro atoms. The first-order valence-electron chi connectivity index (χ1n) is 5.04. The van der Waals surface area contributed by atoms with Gasteiger partial charge in [-0.25, -0.2) is 0 Å². The van der Waals surface area contributed by atoms with E-state index in [4.69, 9.17) is 11.6 Å². The highest BCUT2D eigenvalue weighted by Gasteiger charge is 2.31. The number of phenols is 1. The van der Waals surface area contributed by atoms with Crippen molar-refractivity contribution in [3.63, 3.8) is 0 Å². The van der Waals surface area contributed by atoms with E-state index in [9.17, 15) is 18.3 Å². The van der Waals surface area contributed by atoms with Crippen LogP contribution < -0.4 is 0 Å². The lowest BCUT2D eigenvalue weighted by Crippen LogP contribution is -2.04. The maximum atomic E-state index is 12.4. The van der Waals surface area contributed by atoms with Crippen LogP contribution in [0.3, 0.4) is 0 Å². The van der Waals surface area contributed by atoms with Crippen molar-refractivity contribution >= 4 is 11.6 Å². The van der Waals surface area contributed by atoms with Crippen molar-refractivity contribution in [2.45, 2.75) is 6.18 Å². The van der Waals surface area contributed by atoms with Crippen molar-refractivity contribution < 1.29 is 18.3 Å². The molecule has 0 saturated heterocycles. The van der Waals surface area contributed by atoms with Crippen molar-refractivity contribution in [1.82, 2.24) is 0 Å². The van der Waals surface area contributed by atoms with Crippen molar-refractivity contribution in [3.8, 4) is 16.9 Å². The van der Waals surface area contributed by atoms with Gasteiger partial charge in [-0.3, -0.25) is 0 Å². The van der Waals surface area contributed by atoms with Crippen LogP contribution in [0.25, 0.3) is 11.1 Å². The minimum Gasteiger partial charge on any atom is -0.507 e. The van der Waals surface area contributed by atoms with Crippen molar-refractivity contribution in [2.24, 2.45) is 0 Å². The SMILES string of the molecule is Oc1cc(C(F)(F)F)ccc1-c1ccc(Cl)cc1. The van der Waals surface area contributed by atoms with Gasteiger partial charge in [-0.05, 0) is 29.8 Å². The summed E-state index contributed by atoms with van der Waals surface area (Å²) in [5.74, 6) is -0.410. The summed E-state index contributed by atoms with van der Waals surface area (Å²) in [6.07, 6.45) is -4.46. The van der Waals surface area contributed by atoms with Crippen LogP contribution in [0.4, 0.5) is 13.2 Å². The Kier molecular flexibility index (Phi) is 3.22. The molecule has 0 aliphatic heterocycles. The van der Waals surface area contributed by atoms with Gasteiger partial charge in [-0.1, -0.05) is 29.8 Å². The fourth-order valence-electron chi connectivity index (χ4n) is 1.58. The largest absolute Gasteiger partial charge is 0.507 e. The molecule has 2 aromatic carbocycles. The molecule has 0 bridgehead atoms. The third-order valence-electron chi connectivity index (χ3n) is 2.48. The molecule has 2 aromatic rings. The first-order valence-corrected chi connectivity index (χ1v) is 5.42. The monoisotopic (exact) mass is 272 g/mol. The summed E-state index contributed by atoms with van der Waals surface area (Å²) in [4.78, 5) is 0. The Balaban J connectivity index is 2.45. The number of benzene rings is 2. The topological polar surface area (TPSA) is 20.2 Å². The Morgan fingerprint density at radius 1 is 0.944 bits per heavy atom.